The zero-order valence-corrected chi connectivity index (χ0v) is 20.9. The zero-order chi connectivity index (χ0) is 23.5. The Bertz CT molecular complexity index is 1310. The van der Waals surface area contributed by atoms with E-state index in [2.05, 4.69) is 71.4 Å². The van der Waals surface area contributed by atoms with E-state index in [1.807, 2.05) is 25.1 Å². The number of rotatable bonds is 6. The highest BCUT2D eigenvalue weighted by atomic mass is 79.9. The molecule has 0 radical (unpaired) electrons. The van der Waals surface area contributed by atoms with E-state index in [1.54, 1.807) is 6.08 Å². The number of hydrogen-bond donors (Lipinski definition) is 1. The minimum atomic E-state index is -0.959. The highest BCUT2D eigenvalue weighted by Gasteiger charge is 2.25. The molecule has 0 spiro atoms. The average Bonchev–Trinajstić information content (AvgIpc) is 3.13. The van der Waals surface area contributed by atoms with Gasteiger partial charge in [0, 0.05) is 15.6 Å². The summed E-state index contributed by atoms with van der Waals surface area (Å²) in [4.78, 5) is 10.9. The van der Waals surface area contributed by atoms with Gasteiger partial charge in [-0.15, -0.1) is 0 Å². The van der Waals surface area contributed by atoms with Gasteiger partial charge in [-0.2, -0.15) is 0 Å². The van der Waals surface area contributed by atoms with Crippen LogP contribution in [0.5, 0.6) is 0 Å². The quantitative estimate of drug-likeness (QED) is 0.262. The van der Waals surface area contributed by atoms with Crippen LogP contribution in [0.4, 0.5) is 0 Å². The van der Waals surface area contributed by atoms with Gasteiger partial charge in [-0.3, -0.25) is 0 Å². The number of aliphatic carboxylic acids is 1. The molecule has 0 atom stereocenters. The summed E-state index contributed by atoms with van der Waals surface area (Å²) in [5.74, 6) is -0.959. The lowest BCUT2D eigenvalue weighted by molar-refractivity contribution is -0.131. The van der Waals surface area contributed by atoms with Crippen LogP contribution in [-0.2, 0) is 11.2 Å². The molecule has 0 bridgehead atoms. The molecule has 0 amide bonds. The second kappa shape index (κ2) is 9.94. The summed E-state index contributed by atoms with van der Waals surface area (Å²) in [7, 11) is 0. The molecule has 0 aromatic heterocycles. The Morgan fingerprint density at radius 2 is 1.82 bits per heavy atom. The third-order valence-corrected chi connectivity index (χ3v) is 7.13. The topological polar surface area (TPSA) is 37.3 Å². The molecule has 0 fully saturated rings. The van der Waals surface area contributed by atoms with Crippen LogP contribution < -0.4 is 0 Å². The largest absolute Gasteiger partial charge is 0.478 e. The van der Waals surface area contributed by atoms with Gasteiger partial charge in [0.1, 0.15) is 0 Å². The zero-order valence-electron chi connectivity index (χ0n) is 18.5. The van der Waals surface area contributed by atoms with Gasteiger partial charge in [-0.1, -0.05) is 79.2 Å². The van der Waals surface area contributed by atoms with Crippen LogP contribution in [-0.4, -0.2) is 11.1 Å². The van der Waals surface area contributed by atoms with E-state index < -0.39 is 5.97 Å². The van der Waals surface area contributed by atoms with E-state index in [-0.39, 0.29) is 0 Å². The van der Waals surface area contributed by atoms with Gasteiger partial charge in [0.25, 0.3) is 0 Å². The predicted octanol–water partition coefficient (Wildman–Crippen LogP) is 8.43. The van der Waals surface area contributed by atoms with Crippen molar-refractivity contribution in [1.29, 1.82) is 0 Å². The van der Waals surface area contributed by atoms with Crippen molar-refractivity contribution >= 4 is 55.2 Å². The van der Waals surface area contributed by atoms with Crippen molar-refractivity contribution in [2.75, 3.05) is 0 Å². The van der Waals surface area contributed by atoms with Crippen LogP contribution in [0.15, 0.2) is 78.4 Å². The Balaban J connectivity index is 1.93. The van der Waals surface area contributed by atoms with E-state index in [9.17, 15) is 4.79 Å². The molecule has 4 heteroatoms. The summed E-state index contributed by atoms with van der Waals surface area (Å²) in [6, 6.07) is 22.7. The van der Waals surface area contributed by atoms with Crippen molar-refractivity contribution < 1.29 is 9.90 Å². The van der Waals surface area contributed by atoms with E-state index in [4.69, 9.17) is 16.7 Å². The first-order valence-electron chi connectivity index (χ1n) is 10.9. The molecular formula is C29H24BrClO2. The maximum absolute atomic E-state index is 10.9. The Hall–Kier alpha value is -2.88. The molecule has 1 aliphatic rings. The second-order valence-electron chi connectivity index (χ2n) is 8.11. The molecule has 166 valence electrons. The first kappa shape index (κ1) is 23.3. The average molecular weight is 520 g/mol. The van der Waals surface area contributed by atoms with E-state index in [1.165, 1.54) is 27.8 Å². The highest BCUT2D eigenvalue weighted by Crippen LogP contribution is 2.47. The molecular weight excluding hydrogens is 496 g/mol. The van der Waals surface area contributed by atoms with Crippen LogP contribution in [0.1, 0.15) is 46.7 Å². The van der Waals surface area contributed by atoms with Gasteiger partial charge < -0.3 is 5.11 Å². The van der Waals surface area contributed by atoms with Crippen molar-refractivity contribution in [1.82, 2.24) is 0 Å². The maximum Gasteiger partial charge on any atom is 0.328 e. The van der Waals surface area contributed by atoms with Gasteiger partial charge in [0.05, 0.1) is 0 Å². The summed E-state index contributed by atoms with van der Waals surface area (Å²) in [5.41, 5.74) is 10.2. The highest BCUT2D eigenvalue weighted by molar-refractivity contribution is 9.15. The van der Waals surface area contributed by atoms with Crippen LogP contribution in [0, 0.1) is 6.92 Å². The summed E-state index contributed by atoms with van der Waals surface area (Å²) in [6.45, 7) is 4.20. The first-order valence-corrected chi connectivity index (χ1v) is 12.0. The first-order chi connectivity index (χ1) is 15.9. The molecule has 3 aromatic rings. The molecule has 1 aliphatic carbocycles. The smallest absolute Gasteiger partial charge is 0.328 e. The third kappa shape index (κ3) is 4.90. The summed E-state index contributed by atoms with van der Waals surface area (Å²) in [5, 5.41) is 9.68. The molecule has 3 aromatic carbocycles. The molecule has 33 heavy (non-hydrogen) atoms. The van der Waals surface area contributed by atoms with Crippen molar-refractivity contribution in [3.8, 4) is 0 Å². The van der Waals surface area contributed by atoms with Gasteiger partial charge in [-0.05, 0) is 97.9 Å². The van der Waals surface area contributed by atoms with Crippen molar-refractivity contribution in [2.24, 2.45) is 0 Å². The Kier molecular flexibility index (Phi) is 7.02. The predicted molar refractivity (Wildman–Crippen MR) is 142 cm³/mol. The molecule has 0 heterocycles. The molecule has 0 saturated heterocycles. The Labute approximate surface area is 208 Å². The Morgan fingerprint density at radius 3 is 2.45 bits per heavy atom. The lowest BCUT2D eigenvalue weighted by Gasteiger charge is -2.19. The van der Waals surface area contributed by atoms with Gasteiger partial charge in [0.2, 0.25) is 0 Å². The van der Waals surface area contributed by atoms with Crippen LogP contribution in [0.2, 0.25) is 5.02 Å². The normalized spacial score (nSPS) is 13.9. The van der Waals surface area contributed by atoms with E-state index in [0.29, 0.717) is 0 Å². The fraction of sp³-hybridized carbons (Fsp3) is 0.138. The van der Waals surface area contributed by atoms with Gasteiger partial charge >= 0.3 is 5.97 Å². The number of carboxylic acid groups (broad SMARTS) is 1. The maximum atomic E-state index is 10.9. The number of aryl methyl sites for hydroxylation is 1. The van der Waals surface area contributed by atoms with Gasteiger partial charge in [-0.25, -0.2) is 4.79 Å². The van der Waals surface area contributed by atoms with Crippen LogP contribution in [0.3, 0.4) is 0 Å². The fourth-order valence-corrected chi connectivity index (χ4v) is 5.42. The van der Waals surface area contributed by atoms with Crippen molar-refractivity contribution in [2.45, 2.75) is 26.7 Å². The van der Waals surface area contributed by atoms with Crippen molar-refractivity contribution in [3.05, 3.63) is 117 Å². The summed E-state index contributed by atoms with van der Waals surface area (Å²) < 4.78 is 1.11. The second-order valence-corrected chi connectivity index (χ2v) is 9.31. The number of halogens is 2. The third-order valence-electron chi connectivity index (χ3n) is 5.91. The number of carboxylic acids is 1. The summed E-state index contributed by atoms with van der Waals surface area (Å²) >= 11 is 10.6. The van der Waals surface area contributed by atoms with E-state index >= 15 is 0 Å². The number of benzene rings is 3. The minimum absolute atomic E-state index is 0.748. The molecule has 0 unspecified atom stereocenters. The number of hydrogen-bond acceptors (Lipinski definition) is 1. The summed E-state index contributed by atoms with van der Waals surface area (Å²) in [6.07, 6.45) is 4.41. The van der Waals surface area contributed by atoms with Crippen LogP contribution in [0.25, 0.3) is 21.7 Å². The number of carbonyl (C=O) groups is 1. The monoisotopic (exact) mass is 518 g/mol. The molecule has 2 nitrogen and oxygen atoms in total. The minimum Gasteiger partial charge on any atom is -0.478 e. The number of fused-ring (bicyclic) bond motifs is 1. The standard InChI is InChI=1S/C29H24BrClO2/c1-3-22(24-14-8-18(2)16-26(24)31)28(20-12-9-19(10-13-20)11-15-27(32)33)25-17-21-6-4-5-7-23(21)29(25)30/h4-16H,3,17H2,1-2H3,(H,32,33)/b15-11+,28-22+. The fourth-order valence-electron chi connectivity index (χ4n) is 4.34. The van der Waals surface area contributed by atoms with Gasteiger partial charge in [0.15, 0.2) is 0 Å². The molecule has 0 aliphatic heterocycles. The Morgan fingerprint density at radius 1 is 1.09 bits per heavy atom. The molecule has 0 saturated carbocycles. The number of allylic oxidation sites excluding steroid dienone is 3. The SMILES string of the molecule is CC/C(=C(\C1=C(Br)c2ccccc2C1)c1ccc(/C=C/C(=O)O)cc1)c1ccc(C)cc1Cl. The van der Waals surface area contributed by atoms with E-state index in [0.717, 1.165) is 50.7 Å². The van der Waals surface area contributed by atoms with Crippen LogP contribution >= 0.6 is 27.5 Å². The lowest BCUT2D eigenvalue weighted by Crippen LogP contribution is -1.98. The molecule has 4 rings (SSSR count). The lowest BCUT2D eigenvalue weighted by atomic mass is 9.86. The van der Waals surface area contributed by atoms with Crippen molar-refractivity contribution in [3.63, 3.8) is 0 Å². The molecule has 1 N–H and O–H groups in total.